The van der Waals surface area contributed by atoms with Gasteiger partial charge in [0.25, 0.3) is 0 Å². The number of carbonyl (C=O) groups excluding carboxylic acids is 2. The molecule has 0 spiro atoms. The van der Waals surface area contributed by atoms with Gasteiger partial charge in [-0.2, -0.15) is 0 Å². The Hall–Kier alpha value is -2.93. The Morgan fingerprint density at radius 2 is 1.74 bits per heavy atom. The molecule has 140 valence electrons. The molecule has 1 heterocycles. The minimum atomic E-state index is -3.29. The molecule has 1 N–H and O–H groups in total. The lowest BCUT2D eigenvalue weighted by molar-refractivity contribution is -0.129. The Morgan fingerprint density at radius 3 is 2.37 bits per heavy atom. The van der Waals surface area contributed by atoms with Crippen molar-refractivity contribution >= 4 is 33.4 Å². The van der Waals surface area contributed by atoms with E-state index in [0.717, 1.165) is 17.4 Å². The number of amides is 2. The Balaban J connectivity index is 1.77. The van der Waals surface area contributed by atoms with Crippen molar-refractivity contribution in [3.05, 3.63) is 65.9 Å². The summed E-state index contributed by atoms with van der Waals surface area (Å²) in [7, 11) is -3.29. The summed E-state index contributed by atoms with van der Waals surface area (Å²) in [6, 6.07) is 13.2. The number of carbonyl (C=O) groups is 2. The van der Waals surface area contributed by atoms with Gasteiger partial charge in [-0.3, -0.25) is 9.59 Å². The molecule has 1 aliphatic heterocycles. The van der Waals surface area contributed by atoms with Gasteiger partial charge in [-0.25, -0.2) is 8.42 Å². The van der Waals surface area contributed by atoms with Crippen molar-refractivity contribution in [2.24, 2.45) is 0 Å². The van der Waals surface area contributed by atoms with Gasteiger partial charge in [-0.05, 0) is 41.5 Å². The summed E-state index contributed by atoms with van der Waals surface area (Å²) in [5, 5.41) is 2.76. The van der Waals surface area contributed by atoms with Gasteiger partial charge in [0.2, 0.25) is 11.8 Å². The number of hydrogen-bond acceptors (Lipinski definition) is 4. The first-order chi connectivity index (χ1) is 12.8. The molecule has 0 bridgehead atoms. The number of hydrogen-bond donors (Lipinski definition) is 1. The molecule has 2 aromatic rings. The van der Waals surface area contributed by atoms with Gasteiger partial charge in [0.15, 0.2) is 9.84 Å². The fraction of sp³-hybridized carbons (Fsp3) is 0.200. The van der Waals surface area contributed by atoms with E-state index < -0.39 is 9.84 Å². The highest BCUT2D eigenvalue weighted by Gasteiger charge is 2.28. The van der Waals surface area contributed by atoms with Crippen LogP contribution in [-0.2, 0) is 19.4 Å². The van der Waals surface area contributed by atoms with E-state index in [4.69, 9.17) is 0 Å². The van der Waals surface area contributed by atoms with Gasteiger partial charge < -0.3 is 10.2 Å². The number of fused-ring (bicyclic) bond motifs is 1. The zero-order valence-electron chi connectivity index (χ0n) is 15.0. The van der Waals surface area contributed by atoms with E-state index in [1.807, 2.05) is 30.3 Å². The van der Waals surface area contributed by atoms with Crippen molar-refractivity contribution in [1.82, 2.24) is 4.90 Å². The predicted molar refractivity (Wildman–Crippen MR) is 104 cm³/mol. The summed E-state index contributed by atoms with van der Waals surface area (Å²) in [5.74, 6) is -0.403. The van der Waals surface area contributed by atoms with E-state index in [2.05, 4.69) is 5.32 Å². The molecule has 1 atom stereocenters. The van der Waals surface area contributed by atoms with Crippen LogP contribution in [0.1, 0.15) is 30.5 Å². The Bertz CT molecular complexity index is 1010. The maximum atomic E-state index is 12.5. The normalized spacial score (nSPS) is 15.9. The van der Waals surface area contributed by atoms with Crippen molar-refractivity contribution in [2.45, 2.75) is 24.3 Å². The van der Waals surface area contributed by atoms with E-state index in [1.54, 1.807) is 23.2 Å². The van der Waals surface area contributed by atoms with Gasteiger partial charge >= 0.3 is 0 Å². The zero-order valence-corrected chi connectivity index (χ0v) is 15.9. The van der Waals surface area contributed by atoms with Crippen LogP contribution >= 0.6 is 0 Å². The highest BCUT2D eigenvalue weighted by molar-refractivity contribution is 7.90. The van der Waals surface area contributed by atoms with E-state index in [9.17, 15) is 18.0 Å². The second-order valence-electron chi connectivity index (χ2n) is 6.44. The maximum Gasteiger partial charge on any atom is 0.226 e. The molecular weight excluding hydrogens is 364 g/mol. The number of nitrogens with one attached hydrogen (secondary N) is 1. The average molecular weight is 384 g/mol. The molecule has 1 aliphatic rings. The lowest BCUT2D eigenvalue weighted by Gasteiger charge is -2.32. The number of rotatable bonds is 4. The second kappa shape index (κ2) is 7.36. The van der Waals surface area contributed by atoms with Crippen molar-refractivity contribution in [2.75, 3.05) is 11.6 Å². The molecule has 0 saturated carbocycles. The summed E-state index contributed by atoms with van der Waals surface area (Å²) >= 11 is 0. The molecule has 0 fully saturated rings. The summed E-state index contributed by atoms with van der Waals surface area (Å²) in [6.45, 7) is 1.47. The monoisotopic (exact) mass is 384 g/mol. The lowest BCUT2D eigenvalue weighted by Crippen LogP contribution is -2.33. The molecule has 0 unspecified atom stereocenters. The maximum absolute atomic E-state index is 12.5. The van der Waals surface area contributed by atoms with Crippen LogP contribution in [0.5, 0.6) is 0 Å². The highest BCUT2D eigenvalue weighted by atomic mass is 32.2. The SMILES string of the molecule is CC(=O)N1C=Cc2ccccc2[C@H]1CC(=O)Nc1ccc(S(C)(=O)=O)cc1. The zero-order chi connectivity index (χ0) is 19.6. The summed E-state index contributed by atoms with van der Waals surface area (Å²) in [6.07, 6.45) is 4.78. The van der Waals surface area contributed by atoms with Gasteiger partial charge in [0, 0.05) is 25.1 Å². The molecule has 0 saturated heterocycles. The molecule has 6 nitrogen and oxygen atoms in total. The first-order valence-corrected chi connectivity index (χ1v) is 10.3. The van der Waals surface area contributed by atoms with Gasteiger partial charge in [0.05, 0.1) is 17.4 Å². The molecular formula is C20H20N2O4S. The molecule has 0 radical (unpaired) electrons. The lowest BCUT2D eigenvalue weighted by atomic mass is 9.93. The molecule has 0 aromatic heterocycles. The summed E-state index contributed by atoms with van der Waals surface area (Å²) in [5.41, 5.74) is 2.39. The van der Waals surface area contributed by atoms with E-state index in [1.165, 1.54) is 19.1 Å². The fourth-order valence-electron chi connectivity index (χ4n) is 3.09. The van der Waals surface area contributed by atoms with Crippen LogP contribution in [0.15, 0.2) is 59.6 Å². The molecule has 0 aliphatic carbocycles. The van der Waals surface area contributed by atoms with E-state index in [-0.39, 0.29) is 29.2 Å². The van der Waals surface area contributed by atoms with Crippen LogP contribution in [-0.4, -0.2) is 31.4 Å². The molecule has 2 aromatic carbocycles. The Labute approximate surface area is 158 Å². The summed E-state index contributed by atoms with van der Waals surface area (Å²) in [4.78, 5) is 26.3. The van der Waals surface area contributed by atoms with Crippen LogP contribution in [0.2, 0.25) is 0 Å². The number of benzene rings is 2. The van der Waals surface area contributed by atoms with Crippen LogP contribution < -0.4 is 5.32 Å². The van der Waals surface area contributed by atoms with Crippen molar-refractivity contribution in [3.63, 3.8) is 0 Å². The summed E-state index contributed by atoms with van der Waals surface area (Å²) < 4.78 is 23.0. The predicted octanol–water partition coefficient (Wildman–Crippen LogP) is 2.99. The van der Waals surface area contributed by atoms with Gasteiger partial charge in [0.1, 0.15) is 0 Å². The molecule has 27 heavy (non-hydrogen) atoms. The standard InChI is InChI=1S/C20H20N2O4S/c1-14(23)22-12-11-15-5-3-4-6-18(15)19(22)13-20(24)21-16-7-9-17(10-8-16)27(2,25)26/h3-12,19H,13H2,1-2H3,(H,21,24)/t19-/m1/s1. The molecule has 7 heteroatoms. The minimum Gasteiger partial charge on any atom is -0.326 e. The van der Waals surface area contributed by atoms with E-state index in [0.29, 0.717) is 5.69 Å². The smallest absolute Gasteiger partial charge is 0.226 e. The Kier molecular flexibility index (Phi) is 5.14. The van der Waals surface area contributed by atoms with E-state index >= 15 is 0 Å². The quantitative estimate of drug-likeness (QED) is 0.878. The van der Waals surface area contributed by atoms with Gasteiger partial charge in [-0.15, -0.1) is 0 Å². The molecule has 2 amide bonds. The topological polar surface area (TPSA) is 83.6 Å². The number of anilines is 1. The Morgan fingerprint density at radius 1 is 1.07 bits per heavy atom. The van der Waals surface area contributed by atoms with Crippen LogP contribution in [0.25, 0.3) is 6.08 Å². The first-order valence-electron chi connectivity index (χ1n) is 8.42. The second-order valence-corrected chi connectivity index (χ2v) is 8.45. The third-order valence-electron chi connectivity index (χ3n) is 4.41. The van der Waals surface area contributed by atoms with Crippen molar-refractivity contribution in [1.29, 1.82) is 0 Å². The largest absolute Gasteiger partial charge is 0.326 e. The number of sulfone groups is 1. The highest BCUT2D eigenvalue weighted by Crippen LogP contribution is 2.33. The first kappa shape index (κ1) is 18.8. The number of nitrogens with zero attached hydrogens (tertiary/aromatic N) is 1. The van der Waals surface area contributed by atoms with Gasteiger partial charge in [-0.1, -0.05) is 24.3 Å². The van der Waals surface area contributed by atoms with Crippen LogP contribution in [0, 0.1) is 0 Å². The van der Waals surface area contributed by atoms with Crippen LogP contribution in [0.3, 0.4) is 0 Å². The van der Waals surface area contributed by atoms with Crippen molar-refractivity contribution in [3.8, 4) is 0 Å². The minimum absolute atomic E-state index is 0.0920. The molecule has 3 rings (SSSR count). The fourth-order valence-corrected chi connectivity index (χ4v) is 3.72. The third kappa shape index (κ3) is 4.25. The third-order valence-corrected chi connectivity index (χ3v) is 5.54. The van der Waals surface area contributed by atoms with Crippen molar-refractivity contribution < 1.29 is 18.0 Å². The van der Waals surface area contributed by atoms with Crippen LogP contribution in [0.4, 0.5) is 5.69 Å². The average Bonchev–Trinajstić information content (AvgIpc) is 2.61.